The molecule has 0 radical (unpaired) electrons. The van der Waals surface area contributed by atoms with Gasteiger partial charge in [-0.1, -0.05) is 6.07 Å². The summed E-state index contributed by atoms with van der Waals surface area (Å²) in [6.07, 6.45) is 2.31. The lowest BCUT2D eigenvalue weighted by Gasteiger charge is -2.54. The van der Waals surface area contributed by atoms with Gasteiger partial charge in [-0.05, 0) is 32.8 Å². The summed E-state index contributed by atoms with van der Waals surface area (Å²) < 4.78 is 33.9. The number of methoxy groups -OCH3 is 1. The molecule has 4 rings (SSSR count). The Kier molecular flexibility index (Phi) is 5.73. The number of hydrogen-bond donors (Lipinski definition) is 2. The maximum Gasteiger partial charge on any atom is 0.274 e. The van der Waals surface area contributed by atoms with Gasteiger partial charge in [0.15, 0.2) is 11.4 Å². The summed E-state index contributed by atoms with van der Waals surface area (Å²) in [7, 11) is 1.59. The van der Waals surface area contributed by atoms with Crippen LogP contribution in [-0.2, 0) is 16.8 Å². The van der Waals surface area contributed by atoms with Gasteiger partial charge in [-0.15, -0.1) is 0 Å². The van der Waals surface area contributed by atoms with Crippen molar-refractivity contribution in [1.82, 2.24) is 14.8 Å². The van der Waals surface area contributed by atoms with Crippen LogP contribution in [0.25, 0.3) is 0 Å². The molecular formula is C23H25F2N3O5. The summed E-state index contributed by atoms with van der Waals surface area (Å²) in [6.45, 7) is 3.75. The lowest BCUT2D eigenvalue weighted by molar-refractivity contribution is -0.0728. The fourth-order valence-electron chi connectivity index (χ4n) is 4.58. The molecule has 0 bridgehead atoms. The van der Waals surface area contributed by atoms with E-state index in [0.717, 1.165) is 6.07 Å². The Hall–Kier alpha value is -3.27. The van der Waals surface area contributed by atoms with Gasteiger partial charge < -0.3 is 24.6 Å². The van der Waals surface area contributed by atoms with Crippen LogP contribution in [0.2, 0.25) is 0 Å². The van der Waals surface area contributed by atoms with Gasteiger partial charge in [0.25, 0.3) is 11.8 Å². The third-order valence-corrected chi connectivity index (χ3v) is 6.49. The largest absolute Gasteiger partial charge is 0.503 e. The molecule has 1 saturated carbocycles. The molecule has 2 aliphatic rings. The molecule has 2 amide bonds. The van der Waals surface area contributed by atoms with Crippen molar-refractivity contribution >= 4 is 11.8 Å². The minimum absolute atomic E-state index is 0.0354. The highest BCUT2D eigenvalue weighted by molar-refractivity contribution is 5.99. The van der Waals surface area contributed by atoms with Crippen LogP contribution >= 0.6 is 0 Å². The quantitative estimate of drug-likeness (QED) is 0.711. The molecular weight excluding hydrogens is 436 g/mol. The average Bonchev–Trinajstić information content (AvgIpc) is 2.73. The molecule has 2 N–H and O–H groups in total. The predicted molar refractivity (Wildman–Crippen MR) is 114 cm³/mol. The summed E-state index contributed by atoms with van der Waals surface area (Å²) in [5.41, 5.74) is -2.11. The Labute approximate surface area is 188 Å². The summed E-state index contributed by atoms with van der Waals surface area (Å²) in [4.78, 5) is 40.3. The normalized spacial score (nSPS) is 21.8. The van der Waals surface area contributed by atoms with Gasteiger partial charge in [0.2, 0.25) is 5.43 Å². The van der Waals surface area contributed by atoms with Crippen LogP contribution < -0.4 is 10.7 Å². The van der Waals surface area contributed by atoms with E-state index in [1.165, 1.54) is 16.8 Å². The molecule has 33 heavy (non-hydrogen) atoms. The number of nitrogens with one attached hydrogen (secondary N) is 1. The van der Waals surface area contributed by atoms with Gasteiger partial charge in [0, 0.05) is 44.1 Å². The Morgan fingerprint density at radius 3 is 2.61 bits per heavy atom. The van der Waals surface area contributed by atoms with E-state index in [-0.39, 0.29) is 35.5 Å². The maximum absolute atomic E-state index is 13.9. The van der Waals surface area contributed by atoms with E-state index in [9.17, 15) is 28.3 Å². The first-order chi connectivity index (χ1) is 15.6. The minimum Gasteiger partial charge on any atom is -0.503 e. The number of ether oxygens (including phenoxy) is 1. The SMILES string of the molecule is COC1CC2(C1)CN(C(C)C)C(=O)c1c(O)c(=O)c(C(=O)NCc3ccc(F)cc3F)cn12. The third-order valence-electron chi connectivity index (χ3n) is 6.49. The zero-order chi connectivity index (χ0) is 24.1. The van der Waals surface area contributed by atoms with Crippen LogP contribution in [0.5, 0.6) is 5.75 Å². The van der Waals surface area contributed by atoms with E-state index in [1.807, 2.05) is 13.8 Å². The molecule has 0 unspecified atom stereocenters. The lowest BCUT2D eigenvalue weighted by Crippen LogP contribution is -2.63. The van der Waals surface area contributed by atoms with E-state index >= 15 is 0 Å². The zero-order valence-electron chi connectivity index (χ0n) is 18.5. The van der Waals surface area contributed by atoms with Crippen LogP contribution in [0.4, 0.5) is 8.78 Å². The van der Waals surface area contributed by atoms with E-state index in [1.54, 1.807) is 12.0 Å². The Bertz CT molecular complexity index is 1190. The molecule has 2 heterocycles. The van der Waals surface area contributed by atoms with Crippen molar-refractivity contribution in [3.8, 4) is 5.75 Å². The van der Waals surface area contributed by atoms with Gasteiger partial charge in [0.1, 0.15) is 17.2 Å². The molecule has 1 spiro atoms. The van der Waals surface area contributed by atoms with Gasteiger partial charge in [-0.25, -0.2) is 8.78 Å². The number of hydrogen-bond acceptors (Lipinski definition) is 5. The van der Waals surface area contributed by atoms with Crippen molar-refractivity contribution < 1.29 is 28.2 Å². The maximum atomic E-state index is 13.9. The van der Waals surface area contributed by atoms with Crippen LogP contribution in [0.1, 0.15) is 53.1 Å². The van der Waals surface area contributed by atoms with Gasteiger partial charge in [0.05, 0.1) is 11.6 Å². The average molecular weight is 461 g/mol. The number of aromatic nitrogens is 1. The number of benzene rings is 1. The lowest BCUT2D eigenvalue weighted by atomic mass is 9.71. The summed E-state index contributed by atoms with van der Waals surface area (Å²) >= 11 is 0. The molecule has 0 atom stereocenters. The van der Waals surface area contributed by atoms with E-state index in [4.69, 9.17) is 4.74 Å². The molecule has 8 nitrogen and oxygen atoms in total. The van der Waals surface area contributed by atoms with Crippen molar-refractivity contribution in [3.63, 3.8) is 0 Å². The number of carbonyl (C=O) groups is 2. The highest BCUT2D eigenvalue weighted by Crippen LogP contribution is 2.46. The fourth-order valence-corrected chi connectivity index (χ4v) is 4.58. The van der Waals surface area contributed by atoms with E-state index < -0.39 is 40.2 Å². The first-order valence-corrected chi connectivity index (χ1v) is 10.6. The van der Waals surface area contributed by atoms with Gasteiger partial charge in [-0.2, -0.15) is 0 Å². The molecule has 0 saturated heterocycles. The molecule has 2 aromatic rings. The first kappa shape index (κ1) is 22.9. The highest BCUT2D eigenvalue weighted by atomic mass is 19.1. The van der Waals surface area contributed by atoms with Crippen molar-refractivity contribution in [2.75, 3.05) is 13.7 Å². The monoisotopic (exact) mass is 461 g/mol. The Balaban J connectivity index is 1.71. The molecule has 1 fully saturated rings. The number of aromatic hydroxyl groups is 1. The second-order valence-electron chi connectivity index (χ2n) is 8.87. The number of amides is 2. The zero-order valence-corrected chi connectivity index (χ0v) is 18.5. The fraction of sp³-hybridized carbons (Fsp3) is 0.435. The number of nitrogens with zero attached hydrogens (tertiary/aromatic N) is 2. The third kappa shape index (κ3) is 3.78. The number of pyridine rings is 1. The van der Waals surface area contributed by atoms with E-state index in [2.05, 4.69) is 5.32 Å². The topological polar surface area (TPSA) is 101 Å². The number of rotatable bonds is 5. The molecule has 10 heteroatoms. The highest BCUT2D eigenvalue weighted by Gasteiger charge is 2.53. The van der Waals surface area contributed by atoms with Crippen LogP contribution in [0, 0.1) is 11.6 Å². The smallest absolute Gasteiger partial charge is 0.274 e. The number of halogens is 2. The number of carbonyl (C=O) groups excluding carboxylic acids is 2. The van der Waals surface area contributed by atoms with Crippen LogP contribution in [0.3, 0.4) is 0 Å². The molecule has 1 aromatic carbocycles. The number of fused-ring (bicyclic) bond motifs is 2. The van der Waals surface area contributed by atoms with Crippen molar-refractivity contribution in [1.29, 1.82) is 0 Å². The van der Waals surface area contributed by atoms with Crippen molar-refractivity contribution in [3.05, 3.63) is 63.1 Å². The van der Waals surface area contributed by atoms with Crippen LogP contribution in [-0.4, -0.2) is 52.2 Å². The second-order valence-corrected chi connectivity index (χ2v) is 8.87. The summed E-state index contributed by atoms with van der Waals surface area (Å²) in [5, 5.41) is 13.1. The predicted octanol–water partition coefficient (Wildman–Crippen LogP) is 2.13. The Morgan fingerprint density at radius 2 is 2.00 bits per heavy atom. The van der Waals surface area contributed by atoms with E-state index in [0.29, 0.717) is 25.5 Å². The van der Waals surface area contributed by atoms with Gasteiger partial charge in [-0.3, -0.25) is 14.4 Å². The Morgan fingerprint density at radius 1 is 1.30 bits per heavy atom. The minimum atomic E-state index is -0.991. The standard InChI is InChI=1S/C23H25F2N3O5/c1-12(2)27-11-23(7-15(8-23)33-3)28-10-16(19(29)20(30)18(28)22(27)32)21(31)26-9-13-4-5-14(24)6-17(13)25/h4-6,10,12,15,30H,7-9,11H2,1-3H3,(H,26,31). The van der Waals surface area contributed by atoms with Crippen LogP contribution in [0.15, 0.2) is 29.2 Å². The van der Waals surface area contributed by atoms with Gasteiger partial charge >= 0.3 is 0 Å². The first-order valence-electron chi connectivity index (χ1n) is 10.6. The molecule has 176 valence electrons. The molecule has 1 aliphatic heterocycles. The van der Waals surface area contributed by atoms with Crippen molar-refractivity contribution in [2.24, 2.45) is 0 Å². The summed E-state index contributed by atoms with van der Waals surface area (Å²) in [6, 6.07) is 2.78. The summed E-state index contributed by atoms with van der Waals surface area (Å²) in [5.74, 6) is -3.72. The second kappa shape index (κ2) is 8.26. The van der Waals surface area contributed by atoms with Crippen molar-refractivity contribution in [2.45, 2.75) is 50.9 Å². The molecule has 1 aromatic heterocycles. The molecule has 1 aliphatic carbocycles.